The van der Waals surface area contributed by atoms with Crippen LogP contribution in [0.3, 0.4) is 0 Å². The molecule has 0 fully saturated rings. The van der Waals surface area contributed by atoms with Crippen molar-refractivity contribution in [3.05, 3.63) is 71.5 Å². The van der Waals surface area contributed by atoms with E-state index in [2.05, 4.69) is 0 Å². The molecule has 0 spiro atoms. The Kier molecular flexibility index (Phi) is 2.75. The van der Waals surface area contributed by atoms with Crippen LogP contribution in [0.1, 0.15) is 18.1 Å². The standard InChI is InChI=1S/C14H13FO/c1-14(16,11-7-3-2-4-8-11)12-9-5-6-10-13(12)15/h2-10,16H,1H3. The summed E-state index contributed by atoms with van der Waals surface area (Å²) in [6, 6.07) is 15.4. The van der Waals surface area contributed by atoms with Crippen LogP contribution >= 0.6 is 0 Å². The molecular formula is C14H13FO. The summed E-state index contributed by atoms with van der Waals surface area (Å²) in [5, 5.41) is 10.4. The van der Waals surface area contributed by atoms with Crippen LogP contribution in [0, 0.1) is 5.82 Å². The Morgan fingerprint density at radius 3 is 2.12 bits per heavy atom. The fourth-order valence-electron chi connectivity index (χ4n) is 1.77. The highest BCUT2D eigenvalue weighted by molar-refractivity contribution is 5.35. The van der Waals surface area contributed by atoms with Crippen LogP contribution in [0.5, 0.6) is 0 Å². The smallest absolute Gasteiger partial charge is 0.129 e. The predicted octanol–water partition coefficient (Wildman–Crippen LogP) is 3.08. The van der Waals surface area contributed by atoms with E-state index in [0.29, 0.717) is 11.1 Å². The molecule has 82 valence electrons. The van der Waals surface area contributed by atoms with E-state index in [1.165, 1.54) is 6.07 Å². The second-order valence-electron chi connectivity index (χ2n) is 3.92. The van der Waals surface area contributed by atoms with Crippen LogP contribution in [-0.4, -0.2) is 5.11 Å². The first kappa shape index (κ1) is 10.8. The molecule has 16 heavy (non-hydrogen) atoms. The van der Waals surface area contributed by atoms with Gasteiger partial charge in [0.25, 0.3) is 0 Å². The average Bonchev–Trinajstić information content (AvgIpc) is 2.30. The highest BCUT2D eigenvalue weighted by Gasteiger charge is 2.27. The van der Waals surface area contributed by atoms with E-state index in [9.17, 15) is 9.50 Å². The van der Waals surface area contributed by atoms with E-state index >= 15 is 0 Å². The minimum absolute atomic E-state index is 0.293. The van der Waals surface area contributed by atoms with E-state index < -0.39 is 11.4 Å². The van der Waals surface area contributed by atoms with Gasteiger partial charge in [-0.3, -0.25) is 0 Å². The first-order valence-electron chi connectivity index (χ1n) is 5.15. The lowest BCUT2D eigenvalue weighted by atomic mass is 9.88. The largest absolute Gasteiger partial charge is 0.381 e. The van der Waals surface area contributed by atoms with Crippen LogP contribution in [0.2, 0.25) is 0 Å². The normalized spacial score (nSPS) is 14.4. The van der Waals surface area contributed by atoms with E-state index in [1.807, 2.05) is 18.2 Å². The third kappa shape index (κ3) is 1.84. The highest BCUT2D eigenvalue weighted by Crippen LogP contribution is 2.30. The molecule has 2 aromatic rings. The van der Waals surface area contributed by atoms with Gasteiger partial charge in [0.15, 0.2) is 0 Å². The second-order valence-corrected chi connectivity index (χ2v) is 3.92. The van der Waals surface area contributed by atoms with E-state index in [0.717, 1.165) is 0 Å². The van der Waals surface area contributed by atoms with Gasteiger partial charge in [-0.2, -0.15) is 0 Å². The summed E-state index contributed by atoms with van der Waals surface area (Å²) in [5.41, 5.74) is -0.326. The Bertz CT molecular complexity index is 477. The molecule has 0 aromatic heterocycles. The van der Waals surface area contributed by atoms with Crippen LogP contribution in [0.4, 0.5) is 4.39 Å². The fourth-order valence-corrected chi connectivity index (χ4v) is 1.77. The Hall–Kier alpha value is -1.67. The van der Waals surface area contributed by atoms with E-state index in [4.69, 9.17) is 0 Å². The average molecular weight is 216 g/mol. The molecule has 1 nitrogen and oxygen atoms in total. The molecule has 0 amide bonds. The Morgan fingerprint density at radius 1 is 0.938 bits per heavy atom. The van der Waals surface area contributed by atoms with Crippen molar-refractivity contribution in [1.82, 2.24) is 0 Å². The molecule has 2 rings (SSSR count). The SMILES string of the molecule is CC(O)(c1ccccc1)c1ccccc1F. The van der Waals surface area contributed by atoms with E-state index in [1.54, 1.807) is 37.3 Å². The van der Waals surface area contributed by atoms with Gasteiger partial charge in [0.2, 0.25) is 0 Å². The summed E-state index contributed by atoms with van der Waals surface area (Å²) in [6.07, 6.45) is 0. The van der Waals surface area contributed by atoms with Crippen molar-refractivity contribution in [2.24, 2.45) is 0 Å². The number of rotatable bonds is 2. The monoisotopic (exact) mass is 216 g/mol. The van der Waals surface area contributed by atoms with Crippen LogP contribution < -0.4 is 0 Å². The minimum atomic E-state index is -1.30. The summed E-state index contributed by atoms with van der Waals surface area (Å²) in [4.78, 5) is 0. The zero-order valence-electron chi connectivity index (χ0n) is 9.02. The van der Waals surface area contributed by atoms with Crippen molar-refractivity contribution in [3.8, 4) is 0 Å². The number of halogens is 1. The third-order valence-electron chi connectivity index (χ3n) is 2.73. The molecule has 2 aromatic carbocycles. The van der Waals surface area contributed by atoms with Gasteiger partial charge >= 0.3 is 0 Å². The summed E-state index contributed by atoms with van der Waals surface area (Å²) in [7, 11) is 0. The molecule has 0 aliphatic carbocycles. The minimum Gasteiger partial charge on any atom is -0.381 e. The van der Waals surface area contributed by atoms with Crippen molar-refractivity contribution in [3.63, 3.8) is 0 Å². The van der Waals surface area contributed by atoms with Crippen LogP contribution in [0.15, 0.2) is 54.6 Å². The first-order valence-corrected chi connectivity index (χ1v) is 5.15. The number of hydrogen-bond donors (Lipinski definition) is 1. The lowest BCUT2D eigenvalue weighted by Crippen LogP contribution is -2.24. The molecule has 0 saturated carbocycles. The number of aliphatic hydroxyl groups is 1. The van der Waals surface area contributed by atoms with Crippen molar-refractivity contribution in [1.29, 1.82) is 0 Å². The topological polar surface area (TPSA) is 20.2 Å². The van der Waals surface area contributed by atoms with Gasteiger partial charge in [0, 0.05) is 5.56 Å². The molecule has 0 aliphatic heterocycles. The highest BCUT2D eigenvalue weighted by atomic mass is 19.1. The van der Waals surface area contributed by atoms with Gasteiger partial charge in [-0.25, -0.2) is 4.39 Å². The molecule has 2 heteroatoms. The van der Waals surface area contributed by atoms with Gasteiger partial charge in [-0.15, -0.1) is 0 Å². The Labute approximate surface area is 94.2 Å². The summed E-state index contributed by atoms with van der Waals surface area (Å²) < 4.78 is 13.6. The van der Waals surface area contributed by atoms with Gasteiger partial charge < -0.3 is 5.11 Å². The lowest BCUT2D eigenvalue weighted by Gasteiger charge is -2.24. The predicted molar refractivity (Wildman–Crippen MR) is 61.5 cm³/mol. The maximum Gasteiger partial charge on any atom is 0.129 e. The quantitative estimate of drug-likeness (QED) is 0.817. The summed E-state index contributed by atoms with van der Waals surface area (Å²) in [6.45, 7) is 1.60. The molecule has 0 heterocycles. The molecule has 0 saturated heterocycles. The Morgan fingerprint density at radius 2 is 1.50 bits per heavy atom. The lowest BCUT2D eigenvalue weighted by molar-refractivity contribution is 0.0979. The molecule has 1 unspecified atom stereocenters. The molecular weight excluding hydrogens is 203 g/mol. The maximum absolute atomic E-state index is 13.6. The number of hydrogen-bond acceptors (Lipinski definition) is 1. The Balaban J connectivity index is 2.51. The second kappa shape index (κ2) is 4.06. The molecule has 0 bridgehead atoms. The van der Waals surface area contributed by atoms with E-state index in [-0.39, 0.29) is 0 Å². The molecule has 0 radical (unpaired) electrons. The summed E-state index contributed by atoms with van der Waals surface area (Å²) in [5.74, 6) is -0.392. The van der Waals surface area contributed by atoms with Crippen LogP contribution in [0.25, 0.3) is 0 Å². The van der Waals surface area contributed by atoms with Crippen molar-refractivity contribution in [2.45, 2.75) is 12.5 Å². The van der Waals surface area contributed by atoms with Gasteiger partial charge in [0.05, 0.1) is 0 Å². The van der Waals surface area contributed by atoms with Gasteiger partial charge in [-0.05, 0) is 18.6 Å². The fraction of sp³-hybridized carbons (Fsp3) is 0.143. The van der Waals surface area contributed by atoms with Gasteiger partial charge in [0.1, 0.15) is 11.4 Å². The zero-order valence-corrected chi connectivity index (χ0v) is 9.02. The molecule has 1 atom stereocenters. The summed E-state index contributed by atoms with van der Waals surface area (Å²) >= 11 is 0. The van der Waals surface area contributed by atoms with Crippen molar-refractivity contribution >= 4 is 0 Å². The third-order valence-corrected chi connectivity index (χ3v) is 2.73. The molecule has 1 N–H and O–H groups in total. The van der Waals surface area contributed by atoms with Gasteiger partial charge in [-0.1, -0.05) is 48.5 Å². The van der Waals surface area contributed by atoms with Crippen molar-refractivity contribution in [2.75, 3.05) is 0 Å². The zero-order chi connectivity index (χ0) is 11.6. The first-order chi connectivity index (χ1) is 7.62. The van der Waals surface area contributed by atoms with Crippen LogP contribution in [-0.2, 0) is 5.60 Å². The maximum atomic E-state index is 13.6. The molecule has 0 aliphatic rings. The van der Waals surface area contributed by atoms with Crippen molar-refractivity contribution < 1.29 is 9.50 Å². The number of benzene rings is 2.